The summed E-state index contributed by atoms with van der Waals surface area (Å²) in [5, 5.41) is 11.0. The first-order valence-electron chi connectivity index (χ1n) is 5.27. The van der Waals surface area contributed by atoms with Gasteiger partial charge >= 0.3 is 0 Å². The van der Waals surface area contributed by atoms with Crippen molar-refractivity contribution in [2.45, 2.75) is 11.3 Å². The molecule has 1 amide bonds. The monoisotopic (exact) mass is 281 g/mol. The van der Waals surface area contributed by atoms with Crippen molar-refractivity contribution in [3.63, 3.8) is 0 Å². The van der Waals surface area contributed by atoms with E-state index in [4.69, 9.17) is 4.42 Å². The molecule has 18 heavy (non-hydrogen) atoms. The van der Waals surface area contributed by atoms with Crippen molar-refractivity contribution in [2.24, 2.45) is 0 Å². The van der Waals surface area contributed by atoms with E-state index in [1.54, 1.807) is 36.2 Å². The van der Waals surface area contributed by atoms with Gasteiger partial charge in [-0.15, -0.1) is 10.2 Å². The summed E-state index contributed by atoms with van der Waals surface area (Å²) in [6, 6.07) is 3.53. The zero-order valence-corrected chi connectivity index (χ0v) is 11.3. The molecule has 0 bridgehead atoms. The van der Waals surface area contributed by atoms with Crippen LogP contribution >= 0.6 is 23.1 Å². The summed E-state index contributed by atoms with van der Waals surface area (Å²) < 4.78 is 5.92. The van der Waals surface area contributed by atoms with Crippen LogP contribution in [0.15, 0.2) is 33.2 Å². The smallest absolute Gasteiger partial charge is 0.250 e. The molecule has 0 aromatic carbocycles. The Morgan fingerprint density at radius 3 is 3.22 bits per heavy atom. The van der Waals surface area contributed by atoms with Gasteiger partial charge in [-0.2, -0.15) is 0 Å². The zero-order valence-electron chi connectivity index (χ0n) is 9.62. The second-order valence-electron chi connectivity index (χ2n) is 3.14. The average Bonchev–Trinajstić information content (AvgIpc) is 2.99. The van der Waals surface area contributed by atoms with Gasteiger partial charge in [0.25, 0.3) is 0 Å². The summed E-state index contributed by atoms with van der Waals surface area (Å²) in [7, 11) is 0. The van der Waals surface area contributed by atoms with Crippen molar-refractivity contribution in [3.8, 4) is 0 Å². The van der Waals surface area contributed by atoms with Crippen LogP contribution in [0.1, 0.15) is 12.7 Å². The maximum Gasteiger partial charge on any atom is 0.250 e. The summed E-state index contributed by atoms with van der Waals surface area (Å²) in [4.78, 5) is 11.6. The SMILES string of the molecule is CCSc1nnc(NC(=O)/C=C/c2ccco2)s1. The number of anilines is 1. The van der Waals surface area contributed by atoms with Gasteiger partial charge in [0.05, 0.1) is 6.26 Å². The molecule has 0 fully saturated rings. The lowest BCUT2D eigenvalue weighted by Gasteiger charge is -1.93. The van der Waals surface area contributed by atoms with Crippen molar-refractivity contribution >= 4 is 40.2 Å². The van der Waals surface area contributed by atoms with Crippen LogP contribution in [0.25, 0.3) is 6.08 Å². The van der Waals surface area contributed by atoms with Crippen LogP contribution in [0.5, 0.6) is 0 Å². The molecule has 0 atom stereocenters. The Labute approximate surface area is 112 Å². The molecular weight excluding hydrogens is 270 g/mol. The largest absolute Gasteiger partial charge is 0.465 e. The fraction of sp³-hybridized carbons (Fsp3) is 0.182. The first-order chi connectivity index (χ1) is 8.78. The highest BCUT2D eigenvalue weighted by Crippen LogP contribution is 2.24. The highest BCUT2D eigenvalue weighted by atomic mass is 32.2. The highest BCUT2D eigenvalue weighted by molar-refractivity contribution is 8.01. The van der Waals surface area contributed by atoms with Crippen LogP contribution in [-0.2, 0) is 4.79 Å². The molecule has 0 spiro atoms. The minimum atomic E-state index is -0.254. The van der Waals surface area contributed by atoms with Crippen molar-refractivity contribution < 1.29 is 9.21 Å². The summed E-state index contributed by atoms with van der Waals surface area (Å²) in [6.45, 7) is 2.04. The second kappa shape index (κ2) is 6.36. The van der Waals surface area contributed by atoms with Gasteiger partial charge in [0.15, 0.2) is 4.34 Å². The number of nitrogens with one attached hydrogen (secondary N) is 1. The van der Waals surface area contributed by atoms with E-state index in [9.17, 15) is 4.79 Å². The second-order valence-corrected chi connectivity index (χ2v) is 5.63. The lowest BCUT2D eigenvalue weighted by molar-refractivity contribution is -0.111. The molecule has 0 aliphatic heterocycles. The molecule has 2 rings (SSSR count). The van der Waals surface area contributed by atoms with Gasteiger partial charge in [-0.25, -0.2) is 0 Å². The predicted octanol–water partition coefficient (Wildman–Crippen LogP) is 2.90. The summed E-state index contributed by atoms with van der Waals surface area (Å²) in [5.41, 5.74) is 0. The minimum Gasteiger partial charge on any atom is -0.465 e. The Bertz CT molecular complexity index is 534. The molecule has 2 aromatic rings. The van der Waals surface area contributed by atoms with Crippen LogP contribution in [0, 0.1) is 0 Å². The Balaban J connectivity index is 1.90. The lowest BCUT2D eigenvalue weighted by Crippen LogP contribution is -2.07. The average molecular weight is 281 g/mol. The van der Waals surface area contributed by atoms with Crippen LogP contribution in [0.3, 0.4) is 0 Å². The van der Waals surface area contributed by atoms with Crippen molar-refractivity contribution in [3.05, 3.63) is 30.2 Å². The Morgan fingerprint density at radius 2 is 2.50 bits per heavy atom. The van der Waals surface area contributed by atoms with E-state index in [1.807, 2.05) is 6.92 Å². The molecule has 0 saturated carbocycles. The van der Waals surface area contributed by atoms with E-state index in [1.165, 1.54) is 17.4 Å². The number of furan rings is 1. The van der Waals surface area contributed by atoms with E-state index in [0.29, 0.717) is 10.9 Å². The van der Waals surface area contributed by atoms with E-state index in [0.717, 1.165) is 10.1 Å². The fourth-order valence-electron chi connectivity index (χ4n) is 1.13. The number of thioether (sulfide) groups is 1. The van der Waals surface area contributed by atoms with Crippen LogP contribution in [0.2, 0.25) is 0 Å². The van der Waals surface area contributed by atoms with Gasteiger partial charge in [-0.3, -0.25) is 10.1 Å². The van der Waals surface area contributed by atoms with Crippen molar-refractivity contribution in [2.75, 3.05) is 11.1 Å². The van der Waals surface area contributed by atoms with Gasteiger partial charge in [-0.05, 0) is 24.0 Å². The minimum absolute atomic E-state index is 0.254. The molecule has 0 saturated heterocycles. The quantitative estimate of drug-likeness (QED) is 0.518. The normalized spacial score (nSPS) is 10.9. The molecular formula is C11H11N3O2S2. The van der Waals surface area contributed by atoms with Gasteiger partial charge in [-0.1, -0.05) is 30.0 Å². The van der Waals surface area contributed by atoms with Crippen LogP contribution < -0.4 is 5.32 Å². The number of aromatic nitrogens is 2. The van der Waals surface area contributed by atoms with Gasteiger partial charge in [0.2, 0.25) is 11.0 Å². The Hall–Kier alpha value is -1.60. The molecule has 0 aliphatic rings. The number of carbonyl (C=O) groups is 1. The maximum absolute atomic E-state index is 11.6. The Morgan fingerprint density at radius 1 is 1.61 bits per heavy atom. The molecule has 0 unspecified atom stereocenters. The van der Waals surface area contributed by atoms with E-state index in [2.05, 4.69) is 15.5 Å². The maximum atomic E-state index is 11.6. The Kier molecular flexibility index (Phi) is 4.54. The molecule has 7 heteroatoms. The fourth-order valence-corrected chi connectivity index (χ4v) is 2.78. The van der Waals surface area contributed by atoms with Gasteiger partial charge in [0, 0.05) is 6.08 Å². The zero-order chi connectivity index (χ0) is 12.8. The van der Waals surface area contributed by atoms with E-state index >= 15 is 0 Å². The van der Waals surface area contributed by atoms with Crippen molar-refractivity contribution in [1.29, 1.82) is 0 Å². The standard InChI is InChI=1S/C11H11N3O2S2/c1-2-17-11-14-13-10(18-11)12-9(15)6-5-8-4-3-7-16-8/h3-7H,2H2,1H3,(H,12,13,15)/b6-5+. The molecule has 2 aromatic heterocycles. The topological polar surface area (TPSA) is 68.0 Å². The number of amides is 1. The molecule has 2 heterocycles. The lowest BCUT2D eigenvalue weighted by atomic mass is 10.4. The van der Waals surface area contributed by atoms with E-state index < -0.39 is 0 Å². The molecule has 0 aliphatic carbocycles. The summed E-state index contributed by atoms with van der Waals surface area (Å²) >= 11 is 2.96. The van der Waals surface area contributed by atoms with Crippen LogP contribution in [-0.4, -0.2) is 21.9 Å². The predicted molar refractivity (Wildman–Crippen MR) is 72.7 cm³/mol. The van der Waals surface area contributed by atoms with E-state index in [-0.39, 0.29) is 5.91 Å². The summed E-state index contributed by atoms with van der Waals surface area (Å²) in [6.07, 6.45) is 4.54. The van der Waals surface area contributed by atoms with Gasteiger partial charge < -0.3 is 4.42 Å². The molecule has 0 radical (unpaired) electrons. The first-order valence-corrected chi connectivity index (χ1v) is 7.07. The number of carbonyl (C=O) groups excluding carboxylic acids is 1. The highest BCUT2D eigenvalue weighted by Gasteiger charge is 2.05. The van der Waals surface area contributed by atoms with Crippen molar-refractivity contribution in [1.82, 2.24) is 10.2 Å². The third-order valence-corrected chi connectivity index (χ3v) is 3.70. The number of hydrogen-bond acceptors (Lipinski definition) is 6. The third-order valence-electron chi connectivity index (χ3n) is 1.85. The number of rotatable bonds is 5. The molecule has 5 nitrogen and oxygen atoms in total. The molecule has 1 N–H and O–H groups in total. The first kappa shape index (κ1) is 12.8. The third kappa shape index (κ3) is 3.71. The van der Waals surface area contributed by atoms with Crippen LogP contribution in [0.4, 0.5) is 5.13 Å². The van der Waals surface area contributed by atoms with Gasteiger partial charge in [0.1, 0.15) is 5.76 Å². The molecule has 94 valence electrons. The summed E-state index contributed by atoms with van der Waals surface area (Å²) in [5.74, 6) is 1.31. The number of hydrogen-bond donors (Lipinski definition) is 1. The number of nitrogens with zero attached hydrogens (tertiary/aromatic N) is 2.